The van der Waals surface area contributed by atoms with Crippen LogP contribution in [-0.2, 0) is 4.79 Å². The molecular weight excluding hydrogens is 258 g/mol. The van der Waals surface area contributed by atoms with Crippen molar-refractivity contribution in [3.05, 3.63) is 24.5 Å². The average Bonchev–Trinajstić information content (AvgIpc) is 2.91. The number of hydrogen-bond donors (Lipinski definition) is 1. The van der Waals surface area contributed by atoms with Gasteiger partial charge in [0, 0.05) is 12.1 Å². The number of nitrogens with one attached hydrogen (secondary N) is 1. The molecule has 1 aromatic heterocycles. The van der Waals surface area contributed by atoms with Crippen LogP contribution >= 0.6 is 0 Å². The molecule has 7 heteroatoms. The number of carbonyl (C=O) groups is 1. The highest BCUT2D eigenvalue weighted by atomic mass is 16.5. The summed E-state index contributed by atoms with van der Waals surface area (Å²) in [4.78, 5) is 11.8. The lowest BCUT2D eigenvalue weighted by molar-refractivity contribution is -0.116. The highest BCUT2D eigenvalue weighted by Crippen LogP contribution is 2.25. The number of ether oxygens (including phenoxy) is 1. The van der Waals surface area contributed by atoms with Gasteiger partial charge in [-0.25, -0.2) is 0 Å². The lowest BCUT2D eigenvalue weighted by Crippen LogP contribution is -2.14. The quantitative estimate of drug-likeness (QED) is 0.897. The predicted molar refractivity (Wildman–Crippen MR) is 73.8 cm³/mol. The molecule has 1 amide bonds. The molecule has 0 saturated carbocycles. The smallest absolute Gasteiger partial charge is 0.224 e. The number of methoxy groups -OCH3 is 1. The molecule has 2 aromatic rings. The third kappa shape index (κ3) is 3.31. The van der Waals surface area contributed by atoms with Crippen LogP contribution in [0.2, 0.25) is 0 Å². The van der Waals surface area contributed by atoms with Crippen molar-refractivity contribution in [2.75, 3.05) is 12.4 Å². The monoisotopic (exact) mass is 275 g/mol. The second kappa shape index (κ2) is 6.14. The molecule has 1 N–H and O–H groups in total. The Morgan fingerprint density at radius 1 is 1.45 bits per heavy atom. The Balaban J connectivity index is 2.24. The molecule has 2 rings (SSSR count). The summed E-state index contributed by atoms with van der Waals surface area (Å²) in [7, 11) is 1.57. The highest BCUT2D eigenvalue weighted by Gasteiger charge is 2.10. The number of rotatable bonds is 5. The minimum atomic E-state index is -0.0205. The second-order valence-corrected chi connectivity index (χ2v) is 4.79. The van der Waals surface area contributed by atoms with Crippen LogP contribution in [0.3, 0.4) is 0 Å². The molecule has 20 heavy (non-hydrogen) atoms. The van der Waals surface area contributed by atoms with Crippen molar-refractivity contribution in [3.63, 3.8) is 0 Å². The minimum absolute atomic E-state index is 0.0205. The summed E-state index contributed by atoms with van der Waals surface area (Å²) in [6.07, 6.45) is 1.95. The zero-order chi connectivity index (χ0) is 14.5. The molecular formula is C13H17N5O2. The van der Waals surface area contributed by atoms with Crippen LogP contribution in [0, 0.1) is 5.92 Å². The first-order valence-corrected chi connectivity index (χ1v) is 6.31. The van der Waals surface area contributed by atoms with Crippen LogP contribution in [0.4, 0.5) is 5.69 Å². The molecule has 0 bridgehead atoms. The summed E-state index contributed by atoms with van der Waals surface area (Å²) in [5, 5.41) is 13.9. The molecule has 106 valence electrons. The van der Waals surface area contributed by atoms with Crippen LogP contribution in [-0.4, -0.2) is 33.2 Å². The van der Waals surface area contributed by atoms with Gasteiger partial charge in [-0.15, -0.1) is 5.10 Å². The molecule has 0 aliphatic carbocycles. The van der Waals surface area contributed by atoms with Crippen molar-refractivity contribution in [2.45, 2.75) is 20.3 Å². The Hall–Kier alpha value is -2.44. The summed E-state index contributed by atoms with van der Waals surface area (Å²) < 4.78 is 6.75. The van der Waals surface area contributed by atoms with Gasteiger partial charge in [0.1, 0.15) is 17.8 Å². The SMILES string of the molecule is COc1ccc(NC(=O)CC(C)C)cc1-n1cnnn1. The van der Waals surface area contributed by atoms with Crippen molar-refractivity contribution in [1.82, 2.24) is 20.2 Å². The van der Waals surface area contributed by atoms with Crippen molar-refractivity contribution in [2.24, 2.45) is 5.92 Å². The minimum Gasteiger partial charge on any atom is -0.494 e. The predicted octanol–water partition coefficient (Wildman–Crippen LogP) is 1.66. The largest absolute Gasteiger partial charge is 0.494 e. The van der Waals surface area contributed by atoms with Gasteiger partial charge in [-0.2, -0.15) is 4.68 Å². The van der Waals surface area contributed by atoms with E-state index in [2.05, 4.69) is 20.8 Å². The van der Waals surface area contributed by atoms with Gasteiger partial charge in [-0.05, 0) is 34.5 Å². The summed E-state index contributed by atoms with van der Waals surface area (Å²) in [6, 6.07) is 5.32. The number of tetrazole rings is 1. The molecule has 0 fully saturated rings. The Morgan fingerprint density at radius 3 is 2.85 bits per heavy atom. The first kappa shape index (κ1) is 14.0. The Kier molecular flexibility index (Phi) is 4.29. The van der Waals surface area contributed by atoms with Crippen molar-refractivity contribution >= 4 is 11.6 Å². The fraction of sp³-hybridized carbons (Fsp3) is 0.385. The van der Waals surface area contributed by atoms with Crippen LogP contribution in [0.5, 0.6) is 5.75 Å². The lowest BCUT2D eigenvalue weighted by atomic mass is 10.1. The van der Waals surface area contributed by atoms with Gasteiger partial charge in [0.2, 0.25) is 5.91 Å². The maximum atomic E-state index is 11.8. The summed E-state index contributed by atoms with van der Waals surface area (Å²) >= 11 is 0. The maximum absolute atomic E-state index is 11.8. The van der Waals surface area contributed by atoms with Crippen molar-refractivity contribution < 1.29 is 9.53 Å². The number of carbonyl (C=O) groups excluding carboxylic acids is 1. The van der Waals surface area contributed by atoms with E-state index in [0.717, 1.165) is 0 Å². The van der Waals surface area contributed by atoms with Gasteiger partial charge in [-0.1, -0.05) is 13.8 Å². The topological polar surface area (TPSA) is 81.9 Å². The van der Waals surface area contributed by atoms with E-state index in [1.54, 1.807) is 25.3 Å². The van der Waals surface area contributed by atoms with Crippen LogP contribution < -0.4 is 10.1 Å². The zero-order valence-corrected chi connectivity index (χ0v) is 11.7. The molecule has 0 atom stereocenters. The number of amides is 1. The van der Waals surface area contributed by atoms with E-state index in [4.69, 9.17) is 4.74 Å². The highest BCUT2D eigenvalue weighted by molar-refractivity contribution is 5.91. The Morgan fingerprint density at radius 2 is 2.25 bits per heavy atom. The van der Waals surface area contributed by atoms with Crippen molar-refractivity contribution in [3.8, 4) is 11.4 Å². The Bertz CT molecular complexity index is 580. The fourth-order valence-electron chi connectivity index (χ4n) is 1.80. The maximum Gasteiger partial charge on any atom is 0.224 e. The van der Waals surface area contributed by atoms with E-state index in [1.165, 1.54) is 11.0 Å². The number of anilines is 1. The van der Waals surface area contributed by atoms with Crippen molar-refractivity contribution in [1.29, 1.82) is 0 Å². The molecule has 0 aliphatic heterocycles. The van der Waals surface area contributed by atoms with Crippen LogP contribution in [0.25, 0.3) is 5.69 Å². The second-order valence-electron chi connectivity index (χ2n) is 4.79. The van der Waals surface area contributed by atoms with Crippen LogP contribution in [0.15, 0.2) is 24.5 Å². The fourth-order valence-corrected chi connectivity index (χ4v) is 1.80. The number of nitrogens with zero attached hydrogens (tertiary/aromatic N) is 4. The normalized spacial score (nSPS) is 10.6. The number of hydrogen-bond acceptors (Lipinski definition) is 5. The molecule has 0 aliphatic rings. The van der Waals surface area contributed by atoms with E-state index in [-0.39, 0.29) is 5.91 Å². The zero-order valence-electron chi connectivity index (χ0n) is 11.7. The molecule has 7 nitrogen and oxygen atoms in total. The van der Waals surface area contributed by atoms with E-state index >= 15 is 0 Å². The van der Waals surface area contributed by atoms with E-state index in [0.29, 0.717) is 29.5 Å². The van der Waals surface area contributed by atoms with E-state index in [9.17, 15) is 4.79 Å². The Labute approximate surface area is 116 Å². The molecule has 0 saturated heterocycles. The van der Waals surface area contributed by atoms with E-state index in [1.807, 2.05) is 13.8 Å². The molecule has 1 heterocycles. The third-order valence-corrected chi connectivity index (χ3v) is 2.65. The molecule has 0 unspecified atom stereocenters. The van der Waals surface area contributed by atoms with Gasteiger partial charge in [0.05, 0.1) is 7.11 Å². The average molecular weight is 275 g/mol. The van der Waals surface area contributed by atoms with Gasteiger partial charge in [0.25, 0.3) is 0 Å². The summed E-state index contributed by atoms with van der Waals surface area (Å²) in [6.45, 7) is 4.00. The van der Waals surface area contributed by atoms with Gasteiger partial charge >= 0.3 is 0 Å². The first-order valence-electron chi connectivity index (χ1n) is 6.31. The van der Waals surface area contributed by atoms with Gasteiger partial charge in [0.15, 0.2) is 0 Å². The summed E-state index contributed by atoms with van der Waals surface area (Å²) in [5.41, 5.74) is 1.35. The van der Waals surface area contributed by atoms with Crippen LogP contribution in [0.1, 0.15) is 20.3 Å². The lowest BCUT2D eigenvalue weighted by Gasteiger charge is -2.11. The van der Waals surface area contributed by atoms with E-state index < -0.39 is 0 Å². The standard InChI is InChI=1S/C13H17N5O2/c1-9(2)6-13(19)15-10-4-5-12(20-3)11(7-10)18-8-14-16-17-18/h4-5,7-9H,6H2,1-3H3,(H,15,19). The first-order chi connectivity index (χ1) is 9.60. The third-order valence-electron chi connectivity index (χ3n) is 2.65. The summed E-state index contributed by atoms with van der Waals surface area (Å²) in [5.74, 6) is 0.916. The van der Waals surface area contributed by atoms with Gasteiger partial charge in [-0.3, -0.25) is 4.79 Å². The molecule has 0 radical (unpaired) electrons. The number of benzene rings is 1. The number of aromatic nitrogens is 4. The molecule has 0 spiro atoms. The van der Waals surface area contributed by atoms with Gasteiger partial charge < -0.3 is 10.1 Å². The molecule has 1 aromatic carbocycles.